The third-order valence-electron chi connectivity index (χ3n) is 4.27. The van der Waals surface area contributed by atoms with Crippen molar-refractivity contribution in [2.24, 2.45) is 0 Å². The molecule has 1 aliphatic rings. The lowest BCUT2D eigenvalue weighted by atomic mass is 10.1. The van der Waals surface area contributed by atoms with Crippen LogP contribution in [-0.4, -0.2) is 37.0 Å². The second-order valence-electron chi connectivity index (χ2n) is 6.18. The zero-order valence-corrected chi connectivity index (χ0v) is 13.5. The number of nitrogens with one attached hydrogen (secondary N) is 1. The van der Waals surface area contributed by atoms with Crippen molar-refractivity contribution >= 4 is 5.91 Å². The molecule has 1 aromatic rings. The van der Waals surface area contributed by atoms with Gasteiger partial charge in [0.25, 0.3) is 5.91 Å². The summed E-state index contributed by atoms with van der Waals surface area (Å²) in [4.78, 5) is 14.7. The standard InChI is InChI=1S/C18H28N2O/c1-15-8-9-16(2)17(14-15)18(21)19-10-7-13-20-11-5-3-4-6-12-20/h8-9,14H,3-7,10-13H2,1-2H3,(H,19,21). The Hall–Kier alpha value is -1.35. The molecule has 116 valence electrons. The number of likely N-dealkylation sites (tertiary alicyclic amines) is 1. The molecule has 0 spiro atoms. The zero-order valence-electron chi connectivity index (χ0n) is 13.5. The van der Waals surface area contributed by atoms with Crippen molar-refractivity contribution in [3.63, 3.8) is 0 Å². The van der Waals surface area contributed by atoms with Gasteiger partial charge in [-0.3, -0.25) is 4.79 Å². The summed E-state index contributed by atoms with van der Waals surface area (Å²) in [7, 11) is 0. The van der Waals surface area contributed by atoms with Gasteiger partial charge < -0.3 is 10.2 Å². The first-order chi connectivity index (χ1) is 10.2. The molecule has 0 unspecified atom stereocenters. The van der Waals surface area contributed by atoms with Crippen LogP contribution in [0, 0.1) is 13.8 Å². The quantitative estimate of drug-likeness (QED) is 0.843. The molecule has 21 heavy (non-hydrogen) atoms. The van der Waals surface area contributed by atoms with Crippen LogP contribution >= 0.6 is 0 Å². The fourth-order valence-electron chi connectivity index (χ4n) is 2.94. The van der Waals surface area contributed by atoms with Crippen molar-refractivity contribution in [2.45, 2.75) is 46.0 Å². The number of nitrogens with zero attached hydrogens (tertiary/aromatic N) is 1. The van der Waals surface area contributed by atoms with Gasteiger partial charge in [-0.1, -0.05) is 30.5 Å². The van der Waals surface area contributed by atoms with Crippen LogP contribution in [0.4, 0.5) is 0 Å². The Kier molecular flexibility index (Phi) is 6.24. The number of aryl methyl sites for hydroxylation is 2. The van der Waals surface area contributed by atoms with Crippen LogP contribution in [0.2, 0.25) is 0 Å². The fourth-order valence-corrected chi connectivity index (χ4v) is 2.94. The van der Waals surface area contributed by atoms with Crippen molar-refractivity contribution in [1.29, 1.82) is 0 Å². The number of hydrogen-bond acceptors (Lipinski definition) is 2. The third kappa shape index (κ3) is 5.16. The molecule has 0 aromatic heterocycles. The van der Waals surface area contributed by atoms with Crippen molar-refractivity contribution in [3.8, 4) is 0 Å². The van der Waals surface area contributed by atoms with E-state index in [0.717, 1.165) is 36.2 Å². The Bertz CT molecular complexity index is 462. The van der Waals surface area contributed by atoms with Crippen molar-refractivity contribution in [2.75, 3.05) is 26.2 Å². The van der Waals surface area contributed by atoms with Gasteiger partial charge in [-0.15, -0.1) is 0 Å². The first-order valence-corrected chi connectivity index (χ1v) is 8.24. The summed E-state index contributed by atoms with van der Waals surface area (Å²) < 4.78 is 0. The lowest BCUT2D eigenvalue weighted by Crippen LogP contribution is -2.30. The maximum absolute atomic E-state index is 12.2. The van der Waals surface area contributed by atoms with Crippen LogP contribution in [0.15, 0.2) is 18.2 Å². The van der Waals surface area contributed by atoms with Crippen LogP contribution in [-0.2, 0) is 0 Å². The third-order valence-corrected chi connectivity index (χ3v) is 4.27. The van der Waals surface area contributed by atoms with E-state index in [4.69, 9.17) is 0 Å². The van der Waals surface area contributed by atoms with Gasteiger partial charge in [0.15, 0.2) is 0 Å². The maximum atomic E-state index is 12.2. The summed E-state index contributed by atoms with van der Waals surface area (Å²) in [6.45, 7) is 8.34. The summed E-state index contributed by atoms with van der Waals surface area (Å²) in [5.41, 5.74) is 2.99. The average Bonchev–Trinajstić information content (AvgIpc) is 2.74. The van der Waals surface area contributed by atoms with Crippen LogP contribution < -0.4 is 5.32 Å². The fraction of sp³-hybridized carbons (Fsp3) is 0.611. The van der Waals surface area contributed by atoms with Crippen LogP contribution in [0.1, 0.15) is 53.6 Å². The molecule has 0 saturated carbocycles. The van der Waals surface area contributed by atoms with Gasteiger partial charge in [0.2, 0.25) is 0 Å². The highest BCUT2D eigenvalue weighted by Gasteiger charge is 2.10. The Balaban J connectivity index is 1.72. The van der Waals surface area contributed by atoms with Gasteiger partial charge in [0, 0.05) is 12.1 Å². The molecule has 1 amide bonds. The van der Waals surface area contributed by atoms with Gasteiger partial charge in [0.1, 0.15) is 0 Å². The molecule has 1 heterocycles. The molecular weight excluding hydrogens is 260 g/mol. The molecule has 3 nitrogen and oxygen atoms in total. The van der Waals surface area contributed by atoms with E-state index < -0.39 is 0 Å². The average molecular weight is 288 g/mol. The minimum atomic E-state index is 0.0621. The van der Waals surface area contributed by atoms with E-state index >= 15 is 0 Å². The molecule has 1 aliphatic heterocycles. The van der Waals surface area contributed by atoms with E-state index in [1.165, 1.54) is 38.8 Å². The summed E-state index contributed by atoms with van der Waals surface area (Å²) in [6, 6.07) is 6.03. The molecule has 2 rings (SSSR count). The van der Waals surface area contributed by atoms with E-state index in [9.17, 15) is 4.79 Å². The number of hydrogen-bond donors (Lipinski definition) is 1. The first kappa shape index (κ1) is 16.0. The number of carbonyl (C=O) groups is 1. The molecule has 0 aliphatic carbocycles. The van der Waals surface area contributed by atoms with E-state index in [-0.39, 0.29) is 5.91 Å². The van der Waals surface area contributed by atoms with Crippen LogP contribution in [0.25, 0.3) is 0 Å². The highest BCUT2D eigenvalue weighted by molar-refractivity contribution is 5.95. The summed E-state index contributed by atoms with van der Waals surface area (Å²) in [5.74, 6) is 0.0621. The molecule has 1 aromatic carbocycles. The predicted octanol–water partition coefficient (Wildman–Crippen LogP) is 3.30. The Morgan fingerprint density at radius 1 is 1.14 bits per heavy atom. The Morgan fingerprint density at radius 3 is 2.57 bits per heavy atom. The minimum absolute atomic E-state index is 0.0621. The van der Waals surface area contributed by atoms with Gasteiger partial charge in [-0.25, -0.2) is 0 Å². The monoisotopic (exact) mass is 288 g/mol. The molecule has 1 fully saturated rings. The SMILES string of the molecule is Cc1ccc(C)c(C(=O)NCCCN2CCCCCC2)c1. The highest BCUT2D eigenvalue weighted by atomic mass is 16.1. The number of benzene rings is 1. The normalized spacial score (nSPS) is 16.5. The number of carbonyl (C=O) groups excluding carboxylic acids is 1. The predicted molar refractivity (Wildman–Crippen MR) is 87.8 cm³/mol. The molecule has 3 heteroatoms. The van der Waals surface area contributed by atoms with Crippen molar-refractivity contribution in [3.05, 3.63) is 34.9 Å². The summed E-state index contributed by atoms with van der Waals surface area (Å²) >= 11 is 0. The number of amides is 1. The number of rotatable bonds is 5. The lowest BCUT2D eigenvalue weighted by Gasteiger charge is -2.19. The van der Waals surface area contributed by atoms with Crippen LogP contribution in [0.5, 0.6) is 0 Å². The Labute approximate surface area is 128 Å². The smallest absolute Gasteiger partial charge is 0.251 e. The highest BCUT2D eigenvalue weighted by Crippen LogP contribution is 2.11. The topological polar surface area (TPSA) is 32.3 Å². The second kappa shape index (κ2) is 8.18. The molecule has 0 atom stereocenters. The van der Waals surface area contributed by atoms with Crippen molar-refractivity contribution < 1.29 is 4.79 Å². The minimum Gasteiger partial charge on any atom is -0.352 e. The maximum Gasteiger partial charge on any atom is 0.251 e. The lowest BCUT2D eigenvalue weighted by molar-refractivity contribution is 0.0951. The van der Waals surface area contributed by atoms with Gasteiger partial charge in [0.05, 0.1) is 0 Å². The molecular formula is C18H28N2O. The van der Waals surface area contributed by atoms with Crippen molar-refractivity contribution in [1.82, 2.24) is 10.2 Å². The van der Waals surface area contributed by atoms with E-state index in [0.29, 0.717) is 0 Å². The Morgan fingerprint density at radius 2 is 1.86 bits per heavy atom. The van der Waals surface area contributed by atoms with E-state index in [1.54, 1.807) is 0 Å². The largest absolute Gasteiger partial charge is 0.352 e. The van der Waals surface area contributed by atoms with E-state index in [2.05, 4.69) is 10.2 Å². The van der Waals surface area contributed by atoms with Gasteiger partial charge >= 0.3 is 0 Å². The van der Waals surface area contributed by atoms with E-state index in [1.807, 2.05) is 32.0 Å². The van der Waals surface area contributed by atoms with Gasteiger partial charge in [-0.05, 0) is 64.4 Å². The molecule has 0 bridgehead atoms. The first-order valence-electron chi connectivity index (χ1n) is 8.24. The molecule has 0 radical (unpaired) electrons. The zero-order chi connectivity index (χ0) is 15.1. The van der Waals surface area contributed by atoms with Gasteiger partial charge in [-0.2, -0.15) is 0 Å². The molecule has 1 saturated heterocycles. The second-order valence-corrected chi connectivity index (χ2v) is 6.18. The van der Waals surface area contributed by atoms with Crippen LogP contribution in [0.3, 0.4) is 0 Å². The molecule has 1 N–H and O–H groups in total. The summed E-state index contributed by atoms with van der Waals surface area (Å²) in [6.07, 6.45) is 6.44. The summed E-state index contributed by atoms with van der Waals surface area (Å²) in [5, 5.41) is 3.06.